The molecule has 1 aliphatic rings. The molecule has 2 aromatic rings. The summed E-state index contributed by atoms with van der Waals surface area (Å²) in [4.78, 5) is 0. The molecule has 2 aromatic carbocycles. The summed E-state index contributed by atoms with van der Waals surface area (Å²) in [5.41, 5.74) is 4.19. The molecule has 0 aromatic heterocycles. The maximum Gasteiger partial charge on any atom is 0.128 e. The number of halogens is 1. The van der Waals surface area contributed by atoms with Crippen molar-refractivity contribution in [2.45, 2.75) is 38.1 Å². The van der Waals surface area contributed by atoms with E-state index < -0.39 is 0 Å². The average Bonchev–Trinajstić information content (AvgIpc) is 2.42. The molecule has 1 N–H and O–H groups in total. The highest BCUT2D eigenvalue weighted by atomic mass is 19.1. The molecule has 2 heteroatoms. The van der Waals surface area contributed by atoms with Crippen molar-refractivity contribution < 1.29 is 4.39 Å². The van der Waals surface area contributed by atoms with Gasteiger partial charge in [0.05, 0.1) is 6.04 Å². The summed E-state index contributed by atoms with van der Waals surface area (Å²) in [6, 6.07) is 14.0. The van der Waals surface area contributed by atoms with Crippen LogP contribution in [0.4, 0.5) is 4.39 Å². The maximum absolute atomic E-state index is 14.2. The van der Waals surface area contributed by atoms with E-state index in [-0.39, 0.29) is 11.9 Å². The van der Waals surface area contributed by atoms with Crippen LogP contribution >= 0.6 is 0 Å². The lowest BCUT2D eigenvalue weighted by Gasteiger charge is -2.26. The highest BCUT2D eigenvalue weighted by molar-refractivity contribution is 5.36. The standard InChI is InChI=1S/C19H22FN/c1-13-6-11-17(18(20)12-13)19(21-2)16-9-7-15(8-10-16)14-4-3-5-14/h6-12,14,19,21H,3-5H2,1-2H3. The second-order valence-electron chi connectivity index (χ2n) is 6.04. The van der Waals surface area contributed by atoms with Crippen molar-refractivity contribution >= 4 is 0 Å². The van der Waals surface area contributed by atoms with Gasteiger partial charge in [-0.1, -0.05) is 42.8 Å². The Morgan fingerprint density at radius 3 is 2.33 bits per heavy atom. The lowest BCUT2D eigenvalue weighted by Crippen LogP contribution is -2.19. The zero-order valence-corrected chi connectivity index (χ0v) is 12.7. The second kappa shape index (κ2) is 5.98. The van der Waals surface area contributed by atoms with Crippen LogP contribution in [0, 0.1) is 12.7 Å². The Balaban J connectivity index is 1.88. The van der Waals surface area contributed by atoms with Gasteiger partial charge in [0.2, 0.25) is 0 Å². The Bertz CT molecular complexity index is 614. The molecule has 1 fully saturated rings. The summed E-state index contributed by atoms with van der Waals surface area (Å²) in [5.74, 6) is 0.598. The van der Waals surface area contributed by atoms with E-state index in [1.54, 1.807) is 6.07 Å². The van der Waals surface area contributed by atoms with Gasteiger partial charge in [0.15, 0.2) is 0 Å². The largest absolute Gasteiger partial charge is 0.309 e. The molecule has 0 bridgehead atoms. The number of hydrogen-bond donors (Lipinski definition) is 1. The third-order valence-electron chi connectivity index (χ3n) is 4.60. The predicted molar refractivity (Wildman–Crippen MR) is 85.1 cm³/mol. The van der Waals surface area contributed by atoms with Crippen molar-refractivity contribution in [3.05, 3.63) is 70.5 Å². The summed E-state index contributed by atoms with van der Waals surface area (Å²) in [7, 11) is 1.88. The van der Waals surface area contributed by atoms with Crippen molar-refractivity contribution in [2.24, 2.45) is 0 Å². The molecule has 1 saturated carbocycles. The quantitative estimate of drug-likeness (QED) is 0.857. The molecule has 1 aliphatic carbocycles. The topological polar surface area (TPSA) is 12.0 Å². The Morgan fingerprint density at radius 2 is 1.81 bits per heavy atom. The van der Waals surface area contributed by atoms with Gasteiger partial charge >= 0.3 is 0 Å². The Morgan fingerprint density at radius 1 is 1.10 bits per heavy atom. The molecule has 1 atom stereocenters. The number of benzene rings is 2. The van der Waals surface area contributed by atoms with Gasteiger partial charge in [-0.2, -0.15) is 0 Å². The van der Waals surface area contributed by atoms with E-state index in [2.05, 4.69) is 29.6 Å². The highest BCUT2D eigenvalue weighted by Gasteiger charge is 2.20. The highest BCUT2D eigenvalue weighted by Crippen LogP contribution is 2.37. The number of nitrogens with one attached hydrogen (secondary N) is 1. The molecule has 0 saturated heterocycles. The van der Waals surface area contributed by atoms with Gasteiger partial charge in [-0.3, -0.25) is 0 Å². The van der Waals surface area contributed by atoms with Crippen molar-refractivity contribution in [2.75, 3.05) is 7.05 Å². The molecule has 0 spiro atoms. The molecular weight excluding hydrogens is 261 g/mol. The summed E-state index contributed by atoms with van der Waals surface area (Å²) >= 11 is 0. The minimum atomic E-state index is -0.141. The van der Waals surface area contributed by atoms with Crippen molar-refractivity contribution in [3.63, 3.8) is 0 Å². The van der Waals surface area contributed by atoms with Crippen LogP contribution in [0.5, 0.6) is 0 Å². The summed E-state index contributed by atoms with van der Waals surface area (Å²) < 4.78 is 14.2. The molecule has 0 amide bonds. The van der Waals surface area contributed by atoms with Gasteiger partial charge in [0.1, 0.15) is 5.82 Å². The molecule has 110 valence electrons. The van der Waals surface area contributed by atoms with Crippen LogP contribution in [0.2, 0.25) is 0 Å². The van der Waals surface area contributed by atoms with Gasteiger partial charge in [-0.25, -0.2) is 4.39 Å². The van der Waals surface area contributed by atoms with E-state index in [0.29, 0.717) is 5.56 Å². The van der Waals surface area contributed by atoms with Crippen LogP contribution in [-0.2, 0) is 0 Å². The Kier molecular flexibility index (Phi) is 4.07. The second-order valence-corrected chi connectivity index (χ2v) is 6.04. The summed E-state index contributed by atoms with van der Waals surface area (Å²) in [6.07, 6.45) is 3.96. The van der Waals surface area contributed by atoms with Crippen molar-refractivity contribution in [3.8, 4) is 0 Å². The maximum atomic E-state index is 14.2. The first-order valence-corrected chi connectivity index (χ1v) is 7.72. The SMILES string of the molecule is CNC(c1ccc(C2CCC2)cc1)c1ccc(C)cc1F. The fourth-order valence-corrected chi connectivity index (χ4v) is 3.07. The number of rotatable bonds is 4. The minimum Gasteiger partial charge on any atom is -0.309 e. The van der Waals surface area contributed by atoms with Gasteiger partial charge < -0.3 is 5.32 Å². The third kappa shape index (κ3) is 2.86. The zero-order valence-electron chi connectivity index (χ0n) is 12.7. The van der Waals surface area contributed by atoms with Gasteiger partial charge in [-0.15, -0.1) is 0 Å². The number of aryl methyl sites for hydroxylation is 1. The van der Waals surface area contributed by atoms with Gasteiger partial charge in [-0.05, 0) is 55.5 Å². The smallest absolute Gasteiger partial charge is 0.128 e. The van der Waals surface area contributed by atoms with E-state index in [9.17, 15) is 4.39 Å². The fourth-order valence-electron chi connectivity index (χ4n) is 3.07. The van der Waals surface area contributed by atoms with Crippen LogP contribution < -0.4 is 5.32 Å². The fraction of sp³-hybridized carbons (Fsp3) is 0.368. The number of hydrogen-bond acceptors (Lipinski definition) is 1. The van der Waals surface area contributed by atoms with Crippen LogP contribution in [0.25, 0.3) is 0 Å². The molecule has 3 rings (SSSR count). The first-order chi connectivity index (χ1) is 10.2. The molecule has 0 aliphatic heterocycles. The minimum absolute atomic E-state index is 0.0963. The zero-order chi connectivity index (χ0) is 14.8. The average molecular weight is 283 g/mol. The first kappa shape index (κ1) is 14.3. The molecule has 1 unspecified atom stereocenters. The van der Waals surface area contributed by atoms with Crippen LogP contribution in [0.3, 0.4) is 0 Å². The Labute approximate surface area is 126 Å². The van der Waals surface area contributed by atoms with E-state index in [1.165, 1.54) is 24.8 Å². The van der Waals surface area contributed by atoms with Gasteiger partial charge in [0, 0.05) is 5.56 Å². The lowest BCUT2D eigenvalue weighted by atomic mass is 9.79. The molecule has 0 radical (unpaired) electrons. The third-order valence-corrected chi connectivity index (χ3v) is 4.60. The summed E-state index contributed by atoms with van der Waals surface area (Å²) in [6.45, 7) is 1.91. The van der Waals surface area contributed by atoms with Crippen molar-refractivity contribution in [1.29, 1.82) is 0 Å². The normalized spacial score (nSPS) is 16.5. The van der Waals surface area contributed by atoms with E-state index in [0.717, 1.165) is 17.0 Å². The van der Waals surface area contributed by atoms with E-state index in [4.69, 9.17) is 0 Å². The first-order valence-electron chi connectivity index (χ1n) is 7.72. The monoisotopic (exact) mass is 283 g/mol. The Hall–Kier alpha value is -1.67. The lowest BCUT2D eigenvalue weighted by molar-refractivity contribution is 0.419. The molecular formula is C19H22FN. The van der Waals surface area contributed by atoms with Crippen molar-refractivity contribution in [1.82, 2.24) is 5.32 Å². The molecule has 1 nitrogen and oxygen atoms in total. The van der Waals surface area contributed by atoms with Crippen LogP contribution in [-0.4, -0.2) is 7.05 Å². The predicted octanol–water partition coefficient (Wildman–Crippen LogP) is 4.71. The summed E-state index contributed by atoms with van der Waals surface area (Å²) in [5, 5.41) is 3.23. The van der Waals surface area contributed by atoms with E-state index >= 15 is 0 Å². The van der Waals surface area contributed by atoms with Gasteiger partial charge in [0.25, 0.3) is 0 Å². The molecule has 21 heavy (non-hydrogen) atoms. The molecule has 0 heterocycles. The van der Waals surface area contributed by atoms with E-state index in [1.807, 2.05) is 26.1 Å². The van der Waals surface area contributed by atoms with Crippen LogP contribution in [0.15, 0.2) is 42.5 Å². The van der Waals surface area contributed by atoms with Crippen LogP contribution in [0.1, 0.15) is 53.5 Å².